The number of nitrogens with one attached hydrogen (secondary N) is 2. The van der Waals surface area contributed by atoms with E-state index >= 15 is 0 Å². The van der Waals surface area contributed by atoms with Crippen molar-refractivity contribution >= 4 is 27.4 Å². The molecular formula is C21H25N5O2S. The van der Waals surface area contributed by atoms with Gasteiger partial charge in [-0.25, -0.2) is 8.42 Å². The molecule has 2 aromatic carbocycles. The summed E-state index contributed by atoms with van der Waals surface area (Å²) in [6.07, 6.45) is 0. The van der Waals surface area contributed by atoms with Gasteiger partial charge in [0.15, 0.2) is 15.7 Å². The Bertz CT molecular complexity index is 1080. The molecular weight excluding hydrogens is 386 g/mol. The third-order valence-electron chi connectivity index (χ3n) is 4.12. The predicted molar refractivity (Wildman–Crippen MR) is 116 cm³/mol. The molecule has 29 heavy (non-hydrogen) atoms. The Labute approximate surface area is 171 Å². The highest BCUT2D eigenvalue weighted by Gasteiger charge is 2.19. The Morgan fingerprint density at radius 1 is 0.828 bits per heavy atom. The molecule has 2 N–H and O–H groups in total. The minimum atomic E-state index is -3.37. The lowest BCUT2D eigenvalue weighted by molar-refractivity contribution is 0.587. The first-order valence-corrected chi connectivity index (χ1v) is 11.0. The average molecular weight is 412 g/mol. The van der Waals surface area contributed by atoms with Gasteiger partial charge in [0.05, 0.1) is 10.1 Å². The lowest BCUT2D eigenvalue weighted by Crippen LogP contribution is -2.15. The SMILES string of the molecule is CC(C)Nc1nc(Nc2cccc(S(=O)(=O)C(C)C)c2)nc(-c2ccccc2)n1. The fourth-order valence-corrected chi connectivity index (χ4v) is 3.73. The number of anilines is 3. The molecule has 0 saturated heterocycles. The minimum Gasteiger partial charge on any atom is -0.352 e. The average Bonchev–Trinajstić information content (AvgIpc) is 2.68. The summed E-state index contributed by atoms with van der Waals surface area (Å²) in [6, 6.07) is 16.4. The fraction of sp³-hybridized carbons (Fsp3) is 0.286. The quantitative estimate of drug-likeness (QED) is 0.599. The summed E-state index contributed by atoms with van der Waals surface area (Å²) in [7, 11) is -3.37. The van der Waals surface area contributed by atoms with E-state index in [9.17, 15) is 8.42 Å². The van der Waals surface area contributed by atoms with Crippen molar-refractivity contribution < 1.29 is 8.42 Å². The number of nitrogens with zero attached hydrogens (tertiary/aromatic N) is 3. The molecule has 0 aliphatic heterocycles. The van der Waals surface area contributed by atoms with E-state index in [2.05, 4.69) is 25.6 Å². The van der Waals surface area contributed by atoms with Crippen molar-refractivity contribution in [2.45, 2.75) is 43.9 Å². The third-order valence-corrected chi connectivity index (χ3v) is 6.28. The van der Waals surface area contributed by atoms with Crippen molar-refractivity contribution in [2.75, 3.05) is 10.6 Å². The molecule has 8 heteroatoms. The maximum Gasteiger partial charge on any atom is 0.232 e. The van der Waals surface area contributed by atoms with Crippen molar-refractivity contribution in [3.8, 4) is 11.4 Å². The Kier molecular flexibility index (Phi) is 6.12. The Hall–Kier alpha value is -3.00. The summed E-state index contributed by atoms with van der Waals surface area (Å²) in [5.41, 5.74) is 1.45. The van der Waals surface area contributed by atoms with Gasteiger partial charge in [-0.15, -0.1) is 0 Å². The Morgan fingerprint density at radius 2 is 1.52 bits per heavy atom. The molecule has 3 aromatic rings. The van der Waals surface area contributed by atoms with Crippen LogP contribution in [-0.4, -0.2) is 34.7 Å². The van der Waals surface area contributed by atoms with Gasteiger partial charge in [0.25, 0.3) is 0 Å². The van der Waals surface area contributed by atoms with Crippen LogP contribution in [0.4, 0.5) is 17.6 Å². The van der Waals surface area contributed by atoms with E-state index in [0.29, 0.717) is 23.4 Å². The largest absolute Gasteiger partial charge is 0.352 e. The van der Waals surface area contributed by atoms with Crippen LogP contribution in [0.2, 0.25) is 0 Å². The first-order chi connectivity index (χ1) is 13.8. The van der Waals surface area contributed by atoms with E-state index in [4.69, 9.17) is 0 Å². The van der Waals surface area contributed by atoms with Gasteiger partial charge in [-0.05, 0) is 45.9 Å². The summed E-state index contributed by atoms with van der Waals surface area (Å²) in [5, 5.41) is 5.81. The van der Waals surface area contributed by atoms with Gasteiger partial charge in [0, 0.05) is 17.3 Å². The predicted octanol–water partition coefficient (Wildman–Crippen LogP) is 4.28. The number of benzene rings is 2. The topological polar surface area (TPSA) is 96.9 Å². The third kappa shape index (κ3) is 5.08. The van der Waals surface area contributed by atoms with Crippen LogP contribution in [0.1, 0.15) is 27.7 Å². The van der Waals surface area contributed by atoms with Gasteiger partial charge in [0.1, 0.15) is 0 Å². The molecule has 0 radical (unpaired) electrons. The summed E-state index contributed by atoms with van der Waals surface area (Å²) in [5.74, 6) is 1.31. The van der Waals surface area contributed by atoms with Crippen molar-refractivity contribution in [1.82, 2.24) is 15.0 Å². The van der Waals surface area contributed by atoms with Crippen LogP contribution in [0.25, 0.3) is 11.4 Å². The van der Waals surface area contributed by atoms with Crippen LogP contribution in [0, 0.1) is 0 Å². The fourth-order valence-electron chi connectivity index (χ4n) is 2.62. The van der Waals surface area contributed by atoms with E-state index in [-0.39, 0.29) is 10.9 Å². The van der Waals surface area contributed by atoms with Gasteiger partial charge in [-0.3, -0.25) is 0 Å². The zero-order valence-electron chi connectivity index (χ0n) is 16.9. The molecule has 0 atom stereocenters. The first-order valence-electron chi connectivity index (χ1n) is 9.44. The molecule has 152 valence electrons. The molecule has 0 amide bonds. The van der Waals surface area contributed by atoms with Gasteiger partial charge in [0.2, 0.25) is 11.9 Å². The minimum absolute atomic E-state index is 0.147. The van der Waals surface area contributed by atoms with Gasteiger partial charge < -0.3 is 10.6 Å². The number of hydrogen-bond acceptors (Lipinski definition) is 7. The Balaban J connectivity index is 1.99. The van der Waals surface area contributed by atoms with Crippen molar-refractivity contribution in [2.24, 2.45) is 0 Å². The van der Waals surface area contributed by atoms with Crippen LogP contribution < -0.4 is 10.6 Å². The Morgan fingerprint density at radius 3 is 2.17 bits per heavy atom. The molecule has 1 aromatic heterocycles. The maximum atomic E-state index is 12.5. The molecule has 3 rings (SSSR count). The van der Waals surface area contributed by atoms with Crippen LogP contribution in [-0.2, 0) is 9.84 Å². The lowest BCUT2D eigenvalue weighted by Gasteiger charge is -2.13. The molecule has 0 aliphatic rings. The molecule has 0 spiro atoms. The summed E-state index contributed by atoms with van der Waals surface area (Å²) >= 11 is 0. The highest BCUT2D eigenvalue weighted by atomic mass is 32.2. The second-order valence-corrected chi connectivity index (χ2v) is 9.72. The second kappa shape index (κ2) is 8.57. The number of hydrogen-bond donors (Lipinski definition) is 2. The van der Waals surface area contributed by atoms with E-state index in [0.717, 1.165) is 5.56 Å². The van der Waals surface area contributed by atoms with E-state index in [1.165, 1.54) is 0 Å². The van der Waals surface area contributed by atoms with Crippen molar-refractivity contribution in [1.29, 1.82) is 0 Å². The van der Waals surface area contributed by atoms with Crippen LogP contribution >= 0.6 is 0 Å². The highest BCUT2D eigenvalue weighted by molar-refractivity contribution is 7.92. The van der Waals surface area contributed by atoms with E-state index in [1.54, 1.807) is 38.1 Å². The summed E-state index contributed by atoms with van der Waals surface area (Å²) < 4.78 is 24.9. The van der Waals surface area contributed by atoms with E-state index in [1.807, 2.05) is 44.2 Å². The molecule has 7 nitrogen and oxygen atoms in total. The molecule has 0 saturated carbocycles. The molecule has 0 bridgehead atoms. The summed E-state index contributed by atoms with van der Waals surface area (Å²) in [6.45, 7) is 7.33. The normalized spacial score (nSPS) is 11.7. The molecule has 1 heterocycles. The van der Waals surface area contributed by atoms with Crippen molar-refractivity contribution in [3.05, 3.63) is 54.6 Å². The number of sulfone groups is 1. The van der Waals surface area contributed by atoms with Crippen molar-refractivity contribution in [3.63, 3.8) is 0 Å². The van der Waals surface area contributed by atoms with Gasteiger partial charge in [-0.1, -0.05) is 36.4 Å². The summed E-state index contributed by atoms with van der Waals surface area (Å²) in [4.78, 5) is 13.7. The highest BCUT2D eigenvalue weighted by Crippen LogP contribution is 2.23. The van der Waals surface area contributed by atoms with Gasteiger partial charge >= 0.3 is 0 Å². The lowest BCUT2D eigenvalue weighted by atomic mass is 10.2. The second-order valence-electron chi connectivity index (χ2n) is 7.22. The standard InChI is InChI=1S/C21H25N5O2S/c1-14(2)22-20-24-19(16-9-6-5-7-10-16)25-21(26-20)23-17-11-8-12-18(13-17)29(27,28)15(3)4/h5-15H,1-4H3,(H2,22,23,24,25,26). The number of rotatable bonds is 7. The monoisotopic (exact) mass is 411 g/mol. The van der Waals surface area contributed by atoms with Gasteiger partial charge in [-0.2, -0.15) is 15.0 Å². The van der Waals surface area contributed by atoms with Crippen LogP contribution in [0.15, 0.2) is 59.5 Å². The van der Waals surface area contributed by atoms with Crippen LogP contribution in [0.3, 0.4) is 0 Å². The van der Waals surface area contributed by atoms with E-state index < -0.39 is 15.1 Å². The molecule has 0 fully saturated rings. The maximum absolute atomic E-state index is 12.5. The first kappa shape index (κ1) is 20.7. The number of aromatic nitrogens is 3. The molecule has 0 unspecified atom stereocenters. The zero-order chi connectivity index (χ0) is 21.0. The molecule has 0 aliphatic carbocycles. The smallest absolute Gasteiger partial charge is 0.232 e. The van der Waals surface area contributed by atoms with Crippen LogP contribution in [0.5, 0.6) is 0 Å². The zero-order valence-corrected chi connectivity index (χ0v) is 17.7.